The van der Waals surface area contributed by atoms with E-state index in [1.807, 2.05) is 53.3 Å². The SMILES string of the molecule is N#C[C@@]1(C2CC2)CCN(c2ccnn3cc(-c4cc5ccccn5n4)cc23)C1=O. The Bertz CT molecular complexity index is 1290. The molecule has 7 heteroatoms. The van der Waals surface area contributed by atoms with E-state index in [0.717, 1.165) is 40.8 Å². The number of carbonyl (C=O) groups is 1. The van der Waals surface area contributed by atoms with Crippen molar-refractivity contribution < 1.29 is 4.79 Å². The van der Waals surface area contributed by atoms with E-state index in [4.69, 9.17) is 0 Å². The first-order valence-electron chi connectivity index (χ1n) is 9.85. The first-order valence-corrected chi connectivity index (χ1v) is 9.85. The van der Waals surface area contributed by atoms with Crippen molar-refractivity contribution in [2.24, 2.45) is 11.3 Å². The molecule has 4 aromatic heterocycles. The lowest BCUT2D eigenvalue weighted by Gasteiger charge is -2.21. The van der Waals surface area contributed by atoms with Gasteiger partial charge in [-0.25, -0.2) is 9.03 Å². The molecule has 7 nitrogen and oxygen atoms in total. The second-order valence-electron chi connectivity index (χ2n) is 7.94. The van der Waals surface area contributed by atoms with Gasteiger partial charge in [0.05, 0.1) is 28.5 Å². The molecule has 0 unspecified atom stereocenters. The summed E-state index contributed by atoms with van der Waals surface area (Å²) in [6.45, 7) is 0.567. The molecule has 2 fully saturated rings. The topological polar surface area (TPSA) is 78.7 Å². The van der Waals surface area contributed by atoms with Crippen LogP contribution in [0.5, 0.6) is 0 Å². The van der Waals surface area contributed by atoms with Crippen LogP contribution in [0, 0.1) is 22.7 Å². The Kier molecular flexibility index (Phi) is 3.19. The lowest BCUT2D eigenvalue weighted by Crippen LogP contribution is -2.35. The van der Waals surface area contributed by atoms with Gasteiger partial charge in [-0.2, -0.15) is 15.5 Å². The molecule has 0 radical (unpaired) electrons. The van der Waals surface area contributed by atoms with Crippen molar-refractivity contribution in [2.75, 3.05) is 11.4 Å². The molecule has 142 valence electrons. The fraction of sp³-hybridized carbons (Fsp3) is 0.273. The number of pyridine rings is 1. The summed E-state index contributed by atoms with van der Waals surface area (Å²) in [5, 5.41) is 18.8. The van der Waals surface area contributed by atoms with Crippen molar-refractivity contribution in [3.05, 3.63) is 55.0 Å². The summed E-state index contributed by atoms with van der Waals surface area (Å²) >= 11 is 0. The highest BCUT2D eigenvalue weighted by molar-refractivity contribution is 6.05. The van der Waals surface area contributed by atoms with Gasteiger partial charge in [-0.1, -0.05) is 6.07 Å². The van der Waals surface area contributed by atoms with Crippen molar-refractivity contribution in [3.63, 3.8) is 0 Å². The number of hydrogen-bond donors (Lipinski definition) is 0. The van der Waals surface area contributed by atoms with Gasteiger partial charge in [0.25, 0.3) is 0 Å². The van der Waals surface area contributed by atoms with Crippen LogP contribution in [0.25, 0.3) is 22.3 Å². The number of hydrogen-bond acceptors (Lipinski definition) is 4. The third-order valence-electron chi connectivity index (χ3n) is 6.27. The second kappa shape index (κ2) is 5.67. The molecule has 0 bridgehead atoms. The lowest BCUT2D eigenvalue weighted by molar-refractivity contribution is -0.123. The van der Waals surface area contributed by atoms with Crippen LogP contribution in [-0.2, 0) is 4.79 Å². The number of rotatable bonds is 3. The van der Waals surface area contributed by atoms with Crippen LogP contribution in [0.4, 0.5) is 5.69 Å². The zero-order valence-corrected chi connectivity index (χ0v) is 15.7. The molecule has 0 spiro atoms. The molecular weight excluding hydrogens is 364 g/mol. The largest absolute Gasteiger partial charge is 0.309 e. The number of nitrogens with zero attached hydrogens (tertiary/aromatic N) is 6. The number of aromatic nitrogens is 4. The number of amides is 1. The zero-order chi connectivity index (χ0) is 19.6. The molecule has 4 aromatic rings. The molecule has 1 saturated carbocycles. The molecule has 1 amide bonds. The maximum Gasteiger partial charge on any atom is 0.247 e. The Morgan fingerprint density at radius 1 is 1.17 bits per heavy atom. The van der Waals surface area contributed by atoms with Crippen LogP contribution in [-0.4, -0.2) is 31.7 Å². The molecule has 1 saturated heterocycles. The van der Waals surface area contributed by atoms with Gasteiger partial charge in [0, 0.05) is 30.7 Å². The Labute approximate surface area is 166 Å². The monoisotopic (exact) mass is 382 g/mol. The normalized spacial score (nSPS) is 21.9. The number of fused-ring (bicyclic) bond motifs is 2. The highest BCUT2D eigenvalue weighted by Gasteiger charge is 2.56. The second-order valence-corrected chi connectivity index (χ2v) is 7.94. The Balaban J connectivity index is 1.44. The minimum absolute atomic E-state index is 0.0638. The molecule has 1 atom stereocenters. The van der Waals surface area contributed by atoms with E-state index in [0.29, 0.717) is 13.0 Å². The van der Waals surface area contributed by atoms with Gasteiger partial charge in [0.1, 0.15) is 5.41 Å². The Morgan fingerprint density at radius 3 is 2.86 bits per heavy atom. The minimum Gasteiger partial charge on any atom is -0.309 e. The number of anilines is 1. The number of carbonyl (C=O) groups excluding carboxylic acids is 1. The van der Waals surface area contributed by atoms with Crippen LogP contribution in [0.3, 0.4) is 0 Å². The molecule has 6 rings (SSSR count). The minimum atomic E-state index is -0.850. The van der Waals surface area contributed by atoms with Gasteiger partial charge in [0.15, 0.2) is 0 Å². The Morgan fingerprint density at radius 2 is 2.07 bits per heavy atom. The lowest BCUT2D eigenvalue weighted by atomic mass is 9.83. The summed E-state index contributed by atoms with van der Waals surface area (Å²) in [5.41, 5.74) is 3.61. The van der Waals surface area contributed by atoms with Crippen LogP contribution >= 0.6 is 0 Å². The maximum atomic E-state index is 13.2. The quantitative estimate of drug-likeness (QED) is 0.545. The predicted molar refractivity (Wildman–Crippen MR) is 107 cm³/mol. The first kappa shape index (κ1) is 16.3. The predicted octanol–water partition coefficient (Wildman–Crippen LogP) is 3.31. The van der Waals surface area contributed by atoms with Gasteiger partial charge in [0.2, 0.25) is 5.91 Å². The summed E-state index contributed by atoms with van der Waals surface area (Å²) in [7, 11) is 0. The van der Waals surface area contributed by atoms with Gasteiger partial charge in [-0.3, -0.25) is 4.79 Å². The molecule has 5 heterocycles. The maximum absolute atomic E-state index is 13.2. The van der Waals surface area contributed by atoms with E-state index in [1.54, 1.807) is 15.6 Å². The number of nitriles is 1. The summed E-state index contributed by atoms with van der Waals surface area (Å²) in [4.78, 5) is 15.0. The van der Waals surface area contributed by atoms with Crippen molar-refractivity contribution in [1.29, 1.82) is 5.26 Å². The fourth-order valence-electron chi connectivity index (χ4n) is 4.56. The average Bonchev–Trinajstić information content (AvgIpc) is 3.23. The van der Waals surface area contributed by atoms with Crippen LogP contribution < -0.4 is 4.90 Å². The standard InChI is InChI=1S/C22H18N6O/c23-14-22(16-4-5-16)7-10-26(21(22)29)19-6-8-24-28-13-15(11-20(19)28)18-12-17-3-1-2-9-27(17)25-18/h1-3,6,8-9,11-13,16H,4-5,7,10H2/t22-/m1/s1. The summed E-state index contributed by atoms with van der Waals surface area (Å²) in [6.07, 6.45) is 8.10. The van der Waals surface area contributed by atoms with Crippen LogP contribution in [0.15, 0.2) is 55.0 Å². The van der Waals surface area contributed by atoms with E-state index in [1.165, 1.54) is 0 Å². The van der Waals surface area contributed by atoms with Crippen LogP contribution in [0.2, 0.25) is 0 Å². The van der Waals surface area contributed by atoms with Gasteiger partial charge < -0.3 is 4.90 Å². The van der Waals surface area contributed by atoms with E-state index in [9.17, 15) is 10.1 Å². The summed E-state index contributed by atoms with van der Waals surface area (Å²) in [5.74, 6) is 0.147. The zero-order valence-electron chi connectivity index (χ0n) is 15.7. The van der Waals surface area contributed by atoms with Gasteiger partial charge >= 0.3 is 0 Å². The highest BCUT2D eigenvalue weighted by Crippen LogP contribution is 2.52. The summed E-state index contributed by atoms with van der Waals surface area (Å²) in [6, 6.07) is 14.2. The first-order chi connectivity index (χ1) is 14.2. The average molecular weight is 382 g/mol. The third kappa shape index (κ3) is 2.26. The fourth-order valence-corrected chi connectivity index (χ4v) is 4.56. The molecule has 1 aliphatic heterocycles. The van der Waals surface area contributed by atoms with Gasteiger partial charge in [-0.15, -0.1) is 0 Å². The highest BCUT2D eigenvalue weighted by atomic mass is 16.2. The summed E-state index contributed by atoms with van der Waals surface area (Å²) < 4.78 is 3.62. The molecule has 2 aliphatic rings. The van der Waals surface area contributed by atoms with Crippen LogP contribution in [0.1, 0.15) is 19.3 Å². The Hall–Kier alpha value is -3.66. The van der Waals surface area contributed by atoms with Gasteiger partial charge in [-0.05, 0) is 55.5 Å². The molecular formula is C22H18N6O. The molecule has 0 N–H and O–H groups in total. The van der Waals surface area contributed by atoms with E-state index < -0.39 is 5.41 Å². The van der Waals surface area contributed by atoms with E-state index >= 15 is 0 Å². The molecule has 0 aromatic carbocycles. The van der Waals surface area contributed by atoms with Crippen molar-refractivity contribution in [1.82, 2.24) is 19.2 Å². The van der Waals surface area contributed by atoms with E-state index in [-0.39, 0.29) is 11.8 Å². The smallest absolute Gasteiger partial charge is 0.247 e. The third-order valence-corrected chi connectivity index (χ3v) is 6.27. The van der Waals surface area contributed by atoms with Crippen molar-refractivity contribution in [2.45, 2.75) is 19.3 Å². The molecule has 29 heavy (non-hydrogen) atoms. The van der Waals surface area contributed by atoms with Crippen molar-refractivity contribution in [3.8, 4) is 17.3 Å². The molecule has 1 aliphatic carbocycles. The van der Waals surface area contributed by atoms with E-state index in [2.05, 4.69) is 16.3 Å². The van der Waals surface area contributed by atoms with Crippen molar-refractivity contribution >= 4 is 22.6 Å².